The lowest BCUT2D eigenvalue weighted by atomic mass is 10.1. The Morgan fingerprint density at radius 3 is 2.95 bits per heavy atom. The second kappa shape index (κ2) is 5.78. The Hall–Kier alpha value is -2.63. The van der Waals surface area contributed by atoms with Gasteiger partial charge in [0.2, 0.25) is 5.95 Å². The van der Waals surface area contributed by atoms with Crippen LogP contribution in [0.25, 0.3) is 0 Å². The van der Waals surface area contributed by atoms with Gasteiger partial charge in [0.05, 0.1) is 12.2 Å². The number of anilines is 1. The van der Waals surface area contributed by atoms with E-state index in [-0.39, 0.29) is 18.6 Å². The van der Waals surface area contributed by atoms with E-state index >= 15 is 0 Å². The van der Waals surface area contributed by atoms with Crippen molar-refractivity contribution in [3.63, 3.8) is 0 Å². The maximum absolute atomic E-state index is 12.1. The SMILES string of the molecule is Nc1ncc2c(n1)CCN(C(=O)OCc1ccccc1)C2. The summed E-state index contributed by atoms with van der Waals surface area (Å²) in [5.74, 6) is 0.272. The molecule has 0 aliphatic carbocycles. The zero-order valence-electron chi connectivity index (χ0n) is 11.5. The van der Waals surface area contributed by atoms with Gasteiger partial charge in [-0.25, -0.2) is 14.8 Å². The van der Waals surface area contributed by atoms with Gasteiger partial charge >= 0.3 is 6.09 Å². The van der Waals surface area contributed by atoms with E-state index in [9.17, 15) is 4.79 Å². The molecule has 0 unspecified atom stereocenters. The average molecular weight is 284 g/mol. The third-order valence-electron chi connectivity index (χ3n) is 3.42. The number of fused-ring (bicyclic) bond motifs is 1. The van der Waals surface area contributed by atoms with Crippen molar-refractivity contribution in [1.29, 1.82) is 0 Å². The molecular weight excluding hydrogens is 268 g/mol. The fourth-order valence-corrected chi connectivity index (χ4v) is 2.30. The monoisotopic (exact) mass is 284 g/mol. The van der Waals surface area contributed by atoms with Gasteiger partial charge in [-0.1, -0.05) is 30.3 Å². The van der Waals surface area contributed by atoms with Crippen LogP contribution >= 0.6 is 0 Å². The van der Waals surface area contributed by atoms with Crippen LogP contribution in [0.4, 0.5) is 10.7 Å². The molecule has 108 valence electrons. The molecule has 0 atom stereocenters. The second-order valence-electron chi connectivity index (χ2n) is 4.91. The highest BCUT2D eigenvalue weighted by molar-refractivity contribution is 5.68. The number of aromatic nitrogens is 2. The van der Waals surface area contributed by atoms with Crippen molar-refractivity contribution in [3.8, 4) is 0 Å². The Bertz CT molecular complexity index is 645. The van der Waals surface area contributed by atoms with Crippen LogP contribution in [0.5, 0.6) is 0 Å². The number of benzene rings is 1. The van der Waals surface area contributed by atoms with Crippen LogP contribution in [0.3, 0.4) is 0 Å². The summed E-state index contributed by atoms with van der Waals surface area (Å²) >= 11 is 0. The molecule has 6 heteroatoms. The molecule has 1 amide bonds. The first-order valence-electron chi connectivity index (χ1n) is 6.78. The van der Waals surface area contributed by atoms with Crippen LogP contribution in [0.15, 0.2) is 36.5 Å². The van der Waals surface area contributed by atoms with Crippen LogP contribution in [0.1, 0.15) is 16.8 Å². The summed E-state index contributed by atoms with van der Waals surface area (Å²) in [6, 6.07) is 9.62. The molecule has 1 aromatic heterocycles. The van der Waals surface area contributed by atoms with Crippen LogP contribution < -0.4 is 5.73 Å². The largest absolute Gasteiger partial charge is 0.445 e. The van der Waals surface area contributed by atoms with Crippen LogP contribution in [0.2, 0.25) is 0 Å². The quantitative estimate of drug-likeness (QED) is 0.908. The predicted molar refractivity (Wildman–Crippen MR) is 77.2 cm³/mol. The molecule has 0 fully saturated rings. The van der Waals surface area contributed by atoms with Gasteiger partial charge in [0.1, 0.15) is 6.61 Å². The van der Waals surface area contributed by atoms with Gasteiger partial charge in [-0.3, -0.25) is 0 Å². The Kier molecular flexibility index (Phi) is 3.68. The number of nitrogens with two attached hydrogens (primary N) is 1. The molecule has 0 bridgehead atoms. The lowest BCUT2D eigenvalue weighted by molar-refractivity contribution is 0.0915. The number of amides is 1. The Labute approximate surface area is 122 Å². The standard InChI is InChI=1S/C15H16N4O2/c16-14-17-8-12-9-19(7-6-13(12)18-14)15(20)21-10-11-4-2-1-3-5-11/h1-5,8H,6-7,9-10H2,(H2,16,17,18). The van der Waals surface area contributed by atoms with Crippen molar-refractivity contribution in [2.45, 2.75) is 19.6 Å². The van der Waals surface area contributed by atoms with E-state index in [1.165, 1.54) is 0 Å². The number of nitrogen functional groups attached to an aromatic ring is 1. The van der Waals surface area contributed by atoms with E-state index in [0.29, 0.717) is 19.5 Å². The molecule has 2 heterocycles. The van der Waals surface area contributed by atoms with E-state index in [0.717, 1.165) is 16.8 Å². The van der Waals surface area contributed by atoms with Crippen molar-refractivity contribution < 1.29 is 9.53 Å². The molecule has 0 radical (unpaired) electrons. The summed E-state index contributed by atoms with van der Waals surface area (Å²) in [4.78, 5) is 21.9. The third kappa shape index (κ3) is 3.10. The molecule has 0 saturated heterocycles. The van der Waals surface area contributed by atoms with Crippen molar-refractivity contribution in [1.82, 2.24) is 14.9 Å². The smallest absolute Gasteiger partial charge is 0.410 e. The zero-order valence-corrected chi connectivity index (χ0v) is 11.5. The molecule has 0 spiro atoms. The first kappa shape index (κ1) is 13.4. The van der Waals surface area contributed by atoms with Gasteiger partial charge < -0.3 is 15.4 Å². The average Bonchev–Trinajstić information content (AvgIpc) is 2.53. The minimum absolute atomic E-state index is 0.272. The first-order chi connectivity index (χ1) is 10.2. The van der Waals surface area contributed by atoms with E-state index in [4.69, 9.17) is 10.5 Å². The summed E-state index contributed by atoms with van der Waals surface area (Å²) in [6.45, 7) is 1.32. The topological polar surface area (TPSA) is 81.3 Å². The summed E-state index contributed by atoms with van der Waals surface area (Å²) in [7, 11) is 0. The van der Waals surface area contributed by atoms with Crippen molar-refractivity contribution >= 4 is 12.0 Å². The number of hydrogen-bond acceptors (Lipinski definition) is 5. The number of carbonyl (C=O) groups is 1. The Morgan fingerprint density at radius 2 is 2.14 bits per heavy atom. The molecule has 1 aliphatic heterocycles. The third-order valence-corrected chi connectivity index (χ3v) is 3.42. The zero-order chi connectivity index (χ0) is 14.7. The molecule has 1 aromatic carbocycles. The van der Waals surface area contributed by atoms with Crippen LogP contribution in [-0.2, 0) is 24.3 Å². The van der Waals surface area contributed by atoms with E-state index in [2.05, 4.69) is 9.97 Å². The lowest BCUT2D eigenvalue weighted by Gasteiger charge is -2.27. The summed E-state index contributed by atoms with van der Waals surface area (Å²) in [5, 5.41) is 0. The number of rotatable bonds is 2. The second-order valence-corrected chi connectivity index (χ2v) is 4.91. The molecule has 6 nitrogen and oxygen atoms in total. The Morgan fingerprint density at radius 1 is 1.33 bits per heavy atom. The normalized spacial score (nSPS) is 13.6. The highest BCUT2D eigenvalue weighted by Gasteiger charge is 2.23. The fourth-order valence-electron chi connectivity index (χ4n) is 2.30. The molecule has 2 aromatic rings. The minimum atomic E-state index is -0.318. The summed E-state index contributed by atoms with van der Waals surface area (Å²) < 4.78 is 5.33. The number of carbonyl (C=O) groups excluding carboxylic acids is 1. The molecule has 2 N–H and O–H groups in total. The fraction of sp³-hybridized carbons (Fsp3) is 0.267. The van der Waals surface area contributed by atoms with Gasteiger partial charge in [0.15, 0.2) is 0 Å². The van der Waals surface area contributed by atoms with Crippen molar-refractivity contribution in [2.75, 3.05) is 12.3 Å². The van der Waals surface area contributed by atoms with E-state index in [1.807, 2.05) is 30.3 Å². The maximum atomic E-state index is 12.1. The molecule has 1 aliphatic rings. The number of nitrogens with zero attached hydrogens (tertiary/aromatic N) is 3. The summed E-state index contributed by atoms with van der Waals surface area (Å²) in [5.41, 5.74) is 8.37. The predicted octanol–water partition coefficient (Wildman–Crippen LogP) is 1.75. The van der Waals surface area contributed by atoms with Gasteiger partial charge in [0, 0.05) is 24.7 Å². The molecular formula is C15H16N4O2. The number of ether oxygens (including phenoxy) is 1. The molecule has 0 saturated carbocycles. The van der Waals surface area contributed by atoms with Gasteiger partial charge in [-0.05, 0) is 5.56 Å². The highest BCUT2D eigenvalue weighted by atomic mass is 16.6. The maximum Gasteiger partial charge on any atom is 0.410 e. The minimum Gasteiger partial charge on any atom is -0.445 e. The van der Waals surface area contributed by atoms with Crippen molar-refractivity contribution in [2.24, 2.45) is 0 Å². The lowest BCUT2D eigenvalue weighted by Crippen LogP contribution is -2.36. The van der Waals surface area contributed by atoms with Gasteiger partial charge in [-0.2, -0.15) is 0 Å². The van der Waals surface area contributed by atoms with E-state index < -0.39 is 0 Å². The molecule has 3 rings (SSSR count). The Balaban J connectivity index is 1.60. The van der Waals surface area contributed by atoms with Gasteiger partial charge in [0.25, 0.3) is 0 Å². The van der Waals surface area contributed by atoms with E-state index in [1.54, 1.807) is 11.1 Å². The first-order valence-corrected chi connectivity index (χ1v) is 6.78. The highest BCUT2D eigenvalue weighted by Crippen LogP contribution is 2.18. The van der Waals surface area contributed by atoms with Crippen LogP contribution in [-0.4, -0.2) is 27.5 Å². The number of hydrogen-bond donors (Lipinski definition) is 1. The molecule has 21 heavy (non-hydrogen) atoms. The van der Waals surface area contributed by atoms with Crippen LogP contribution in [0, 0.1) is 0 Å². The van der Waals surface area contributed by atoms with Gasteiger partial charge in [-0.15, -0.1) is 0 Å². The van der Waals surface area contributed by atoms with Crippen molar-refractivity contribution in [3.05, 3.63) is 53.3 Å². The summed E-state index contributed by atoms with van der Waals surface area (Å²) in [6.07, 6.45) is 2.03.